The van der Waals surface area contributed by atoms with E-state index in [4.69, 9.17) is 9.47 Å². The number of benzene rings is 2. The lowest BCUT2D eigenvalue weighted by Crippen LogP contribution is -2.12. The number of hydrogen-bond acceptors (Lipinski definition) is 3. The molecule has 0 saturated carbocycles. The van der Waals surface area contributed by atoms with Crippen LogP contribution in [0, 0.1) is 0 Å². The van der Waals surface area contributed by atoms with Crippen LogP contribution in [0.3, 0.4) is 0 Å². The van der Waals surface area contributed by atoms with Gasteiger partial charge < -0.3 is 9.47 Å². The number of rotatable bonds is 7. The van der Waals surface area contributed by atoms with Gasteiger partial charge in [0, 0.05) is 4.47 Å². The standard InChI is InChI=1S/C19H21BrO3/c1-3-23-19(21)13-16(15-6-8-17(20)9-7-15)12-14-4-10-18(22-2)11-5-14/h4-11,16H,3,12-13H2,1-2H3. The Kier molecular flexibility index (Phi) is 6.66. The Morgan fingerprint density at radius 1 is 1.09 bits per heavy atom. The van der Waals surface area contributed by atoms with E-state index in [2.05, 4.69) is 28.1 Å². The zero-order valence-corrected chi connectivity index (χ0v) is 15.0. The molecule has 1 unspecified atom stereocenters. The SMILES string of the molecule is CCOC(=O)CC(Cc1ccc(OC)cc1)c1ccc(Br)cc1. The van der Waals surface area contributed by atoms with Crippen LogP contribution in [0.15, 0.2) is 53.0 Å². The first-order valence-electron chi connectivity index (χ1n) is 7.66. The predicted molar refractivity (Wildman–Crippen MR) is 94.8 cm³/mol. The Labute approximate surface area is 145 Å². The number of methoxy groups -OCH3 is 1. The number of hydrogen-bond donors (Lipinski definition) is 0. The van der Waals surface area contributed by atoms with E-state index in [0.29, 0.717) is 13.0 Å². The highest BCUT2D eigenvalue weighted by Gasteiger charge is 2.17. The highest BCUT2D eigenvalue weighted by Crippen LogP contribution is 2.27. The highest BCUT2D eigenvalue weighted by molar-refractivity contribution is 9.10. The molecule has 0 aliphatic heterocycles. The fourth-order valence-electron chi connectivity index (χ4n) is 2.51. The summed E-state index contributed by atoms with van der Waals surface area (Å²) >= 11 is 3.45. The topological polar surface area (TPSA) is 35.5 Å². The average molecular weight is 377 g/mol. The smallest absolute Gasteiger partial charge is 0.306 e. The first kappa shape index (κ1) is 17.5. The molecule has 0 fully saturated rings. The van der Waals surface area contributed by atoms with Gasteiger partial charge in [-0.15, -0.1) is 0 Å². The Bertz CT molecular complexity index is 620. The minimum Gasteiger partial charge on any atom is -0.497 e. The maximum Gasteiger partial charge on any atom is 0.306 e. The van der Waals surface area contributed by atoms with Crippen molar-refractivity contribution in [3.8, 4) is 5.75 Å². The van der Waals surface area contributed by atoms with E-state index in [1.807, 2.05) is 43.3 Å². The quantitative estimate of drug-likeness (QED) is 0.654. The molecule has 0 aliphatic rings. The summed E-state index contributed by atoms with van der Waals surface area (Å²) in [5, 5.41) is 0. The van der Waals surface area contributed by atoms with Gasteiger partial charge in [-0.2, -0.15) is 0 Å². The minimum absolute atomic E-state index is 0.0931. The lowest BCUT2D eigenvalue weighted by Gasteiger charge is -2.17. The van der Waals surface area contributed by atoms with E-state index in [1.54, 1.807) is 7.11 Å². The maximum absolute atomic E-state index is 11.9. The normalized spacial score (nSPS) is 11.8. The second-order valence-corrected chi connectivity index (χ2v) is 6.23. The van der Waals surface area contributed by atoms with Gasteiger partial charge in [-0.05, 0) is 54.7 Å². The van der Waals surface area contributed by atoms with Crippen molar-refractivity contribution in [1.29, 1.82) is 0 Å². The Hall–Kier alpha value is -1.81. The summed E-state index contributed by atoms with van der Waals surface area (Å²) in [5.41, 5.74) is 2.31. The minimum atomic E-state index is -0.158. The monoisotopic (exact) mass is 376 g/mol. The van der Waals surface area contributed by atoms with Gasteiger partial charge in [-0.3, -0.25) is 4.79 Å². The molecule has 0 radical (unpaired) electrons. The summed E-state index contributed by atoms with van der Waals surface area (Å²) in [6, 6.07) is 16.1. The van der Waals surface area contributed by atoms with Crippen LogP contribution in [0.1, 0.15) is 30.4 Å². The second-order valence-electron chi connectivity index (χ2n) is 5.31. The number of carbonyl (C=O) groups excluding carboxylic acids is 1. The van der Waals surface area contributed by atoms with Crippen LogP contribution in [0.25, 0.3) is 0 Å². The fourth-order valence-corrected chi connectivity index (χ4v) is 2.77. The van der Waals surface area contributed by atoms with Crippen LogP contribution in [0.4, 0.5) is 0 Å². The van der Waals surface area contributed by atoms with Gasteiger partial charge in [0.05, 0.1) is 20.1 Å². The molecule has 0 heterocycles. The van der Waals surface area contributed by atoms with E-state index >= 15 is 0 Å². The summed E-state index contributed by atoms with van der Waals surface area (Å²) in [5.74, 6) is 0.767. The van der Waals surface area contributed by atoms with E-state index in [0.717, 1.165) is 22.2 Å². The maximum atomic E-state index is 11.9. The van der Waals surface area contributed by atoms with Crippen LogP contribution in [-0.2, 0) is 16.0 Å². The van der Waals surface area contributed by atoms with Gasteiger partial charge in [0.1, 0.15) is 5.75 Å². The van der Waals surface area contributed by atoms with Crippen LogP contribution in [0.2, 0.25) is 0 Å². The van der Waals surface area contributed by atoms with Gasteiger partial charge in [0.2, 0.25) is 0 Å². The molecule has 0 spiro atoms. The number of halogens is 1. The van der Waals surface area contributed by atoms with Crippen molar-refractivity contribution in [2.24, 2.45) is 0 Å². The molecule has 2 aromatic carbocycles. The van der Waals surface area contributed by atoms with Gasteiger partial charge in [0.25, 0.3) is 0 Å². The summed E-state index contributed by atoms with van der Waals surface area (Å²) < 4.78 is 11.3. The third kappa shape index (κ3) is 5.39. The van der Waals surface area contributed by atoms with Crippen LogP contribution < -0.4 is 4.74 Å². The Balaban J connectivity index is 2.17. The molecule has 2 aromatic rings. The zero-order valence-electron chi connectivity index (χ0n) is 13.4. The first-order valence-corrected chi connectivity index (χ1v) is 8.45. The summed E-state index contributed by atoms with van der Waals surface area (Å²) in [6.07, 6.45) is 1.16. The van der Waals surface area contributed by atoms with Gasteiger partial charge >= 0.3 is 5.97 Å². The molecule has 23 heavy (non-hydrogen) atoms. The molecule has 4 heteroatoms. The lowest BCUT2D eigenvalue weighted by molar-refractivity contribution is -0.143. The van der Waals surface area contributed by atoms with Crippen molar-refractivity contribution in [1.82, 2.24) is 0 Å². The molecule has 2 rings (SSSR count). The van der Waals surface area contributed by atoms with Crippen molar-refractivity contribution in [2.45, 2.75) is 25.7 Å². The summed E-state index contributed by atoms with van der Waals surface area (Å²) in [6.45, 7) is 2.24. The zero-order chi connectivity index (χ0) is 16.7. The van der Waals surface area contributed by atoms with Gasteiger partial charge in [-0.25, -0.2) is 0 Å². The van der Waals surface area contributed by atoms with Crippen LogP contribution >= 0.6 is 15.9 Å². The molecule has 0 saturated heterocycles. The predicted octanol–water partition coefficient (Wildman–Crippen LogP) is 4.74. The van der Waals surface area contributed by atoms with Crippen molar-refractivity contribution in [3.63, 3.8) is 0 Å². The van der Waals surface area contributed by atoms with Gasteiger partial charge in [0.15, 0.2) is 0 Å². The Morgan fingerprint density at radius 3 is 2.30 bits per heavy atom. The molecule has 0 aliphatic carbocycles. The van der Waals surface area contributed by atoms with Crippen LogP contribution in [0.5, 0.6) is 5.75 Å². The number of esters is 1. The molecule has 0 aromatic heterocycles. The Morgan fingerprint density at radius 2 is 1.74 bits per heavy atom. The molecule has 0 bridgehead atoms. The van der Waals surface area contributed by atoms with Crippen molar-refractivity contribution < 1.29 is 14.3 Å². The average Bonchev–Trinajstić information content (AvgIpc) is 2.56. The summed E-state index contributed by atoms with van der Waals surface area (Å²) in [7, 11) is 1.65. The number of carbonyl (C=O) groups is 1. The van der Waals surface area contributed by atoms with E-state index in [9.17, 15) is 4.79 Å². The van der Waals surface area contributed by atoms with Crippen molar-refractivity contribution in [3.05, 3.63) is 64.1 Å². The van der Waals surface area contributed by atoms with E-state index < -0.39 is 0 Å². The second kappa shape index (κ2) is 8.73. The third-order valence-corrected chi connectivity index (χ3v) is 4.23. The lowest BCUT2D eigenvalue weighted by atomic mass is 9.89. The fraction of sp³-hybridized carbons (Fsp3) is 0.316. The van der Waals surface area contributed by atoms with Crippen molar-refractivity contribution in [2.75, 3.05) is 13.7 Å². The molecule has 0 N–H and O–H groups in total. The third-order valence-electron chi connectivity index (χ3n) is 3.70. The summed E-state index contributed by atoms with van der Waals surface area (Å²) in [4.78, 5) is 11.9. The van der Waals surface area contributed by atoms with E-state index in [1.165, 1.54) is 5.56 Å². The van der Waals surface area contributed by atoms with Crippen molar-refractivity contribution >= 4 is 21.9 Å². The highest BCUT2D eigenvalue weighted by atomic mass is 79.9. The van der Waals surface area contributed by atoms with E-state index in [-0.39, 0.29) is 11.9 Å². The number of ether oxygens (including phenoxy) is 2. The first-order chi connectivity index (χ1) is 11.1. The largest absolute Gasteiger partial charge is 0.497 e. The van der Waals surface area contributed by atoms with Crippen LogP contribution in [-0.4, -0.2) is 19.7 Å². The molecular formula is C19H21BrO3. The van der Waals surface area contributed by atoms with Gasteiger partial charge in [-0.1, -0.05) is 40.2 Å². The molecule has 122 valence electrons. The molecule has 3 nitrogen and oxygen atoms in total. The molecule has 1 atom stereocenters. The molecule has 0 amide bonds. The molecular weight excluding hydrogens is 356 g/mol.